The smallest absolute Gasteiger partial charge is 0.255 e. The van der Waals surface area contributed by atoms with Gasteiger partial charge in [-0.1, -0.05) is 35.9 Å². The summed E-state index contributed by atoms with van der Waals surface area (Å²) in [7, 11) is 0. The van der Waals surface area contributed by atoms with Gasteiger partial charge in [-0.15, -0.1) is 0 Å². The second-order valence-electron chi connectivity index (χ2n) is 7.02. The zero-order valence-corrected chi connectivity index (χ0v) is 17.1. The van der Waals surface area contributed by atoms with Crippen LogP contribution in [-0.4, -0.2) is 25.0 Å². The third-order valence-corrected chi connectivity index (χ3v) is 4.59. The van der Waals surface area contributed by atoms with Crippen molar-refractivity contribution in [3.05, 3.63) is 95.6 Å². The van der Waals surface area contributed by atoms with Gasteiger partial charge in [0.25, 0.3) is 11.8 Å². The number of anilines is 1. The molecule has 0 aliphatic carbocycles. The van der Waals surface area contributed by atoms with Gasteiger partial charge in [-0.25, -0.2) is 0 Å². The normalized spacial score (nSPS) is 10.3. The van der Waals surface area contributed by atoms with E-state index in [9.17, 15) is 9.59 Å². The quantitative estimate of drug-likeness (QED) is 0.504. The van der Waals surface area contributed by atoms with Crippen molar-refractivity contribution in [3.8, 4) is 5.75 Å². The number of ether oxygens (including phenoxy) is 1. The number of benzene rings is 3. The fraction of sp³-hybridized carbons (Fsp3) is 0.200. The molecule has 0 aliphatic heterocycles. The molecule has 30 heavy (non-hydrogen) atoms. The molecule has 154 valence electrons. The zero-order valence-electron chi connectivity index (χ0n) is 17.1. The van der Waals surface area contributed by atoms with Crippen molar-refractivity contribution in [3.63, 3.8) is 0 Å². The Hall–Kier alpha value is -3.60. The van der Waals surface area contributed by atoms with E-state index in [0.29, 0.717) is 30.0 Å². The van der Waals surface area contributed by atoms with Gasteiger partial charge < -0.3 is 15.4 Å². The number of amides is 2. The van der Waals surface area contributed by atoms with Crippen LogP contribution in [-0.2, 0) is 0 Å². The van der Waals surface area contributed by atoms with Gasteiger partial charge in [-0.2, -0.15) is 0 Å². The number of carbonyl (C=O) groups is 2. The summed E-state index contributed by atoms with van der Waals surface area (Å²) in [5.41, 5.74) is 3.00. The first-order valence-corrected chi connectivity index (χ1v) is 10.1. The van der Waals surface area contributed by atoms with Gasteiger partial charge in [-0.05, 0) is 68.3 Å². The van der Waals surface area contributed by atoms with Gasteiger partial charge in [0.1, 0.15) is 5.75 Å². The number of nitrogens with one attached hydrogen (secondary N) is 2. The van der Waals surface area contributed by atoms with E-state index < -0.39 is 0 Å². The third-order valence-electron chi connectivity index (χ3n) is 4.59. The summed E-state index contributed by atoms with van der Waals surface area (Å²) in [5, 5.41) is 5.73. The first kappa shape index (κ1) is 21.1. The van der Waals surface area contributed by atoms with Crippen LogP contribution in [0.2, 0.25) is 0 Å². The van der Waals surface area contributed by atoms with Gasteiger partial charge in [0.15, 0.2) is 0 Å². The lowest BCUT2D eigenvalue weighted by molar-refractivity contribution is 0.0951. The Kier molecular flexibility index (Phi) is 7.61. The van der Waals surface area contributed by atoms with Crippen LogP contribution in [0.1, 0.15) is 39.1 Å². The van der Waals surface area contributed by atoms with Crippen LogP contribution in [0.5, 0.6) is 5.75 Å². The Bertz CT molecular complexity index is 952. The minimum absolute atomic E-state index is 0.129. The van der Waals surface area contributed by atoms with E-state index in [0.717, 1.165) is 18.6 Å². The van der Waals surface area contributed by atoms with E-state index in [1.807, 2.05) is 49.4 Å². The number of rotatable bonds is 9. The fourth-order valence-corrected chi connectivity index (χ4v) is 2.85. The molecule has 0 atom stereocenters. The Morgan fingerprint density at radius 3 is 2.13 bits per heavy atom. The first-order chi connectivity index (χ1) is 14.6. The molecule has 0 heterocycles. The van der Waals surface area contributed by atoms with Crippen molar-refractivity contribution in [2.45, 2.75) is 19.8 Å². The predicted molar refractivity (Wildman–Crippen MR) is 119 cm³/mol. The molecule has 5 heteroatoms. The zero-order chi connectivity index (χ0) is 21.2. The highest BCUT2D eigenvalue weighted by molar-refractivity contribution is 6.04. The minimum atomic E-state index is -0.180. The highest BCUT2D eigenvalue weighted by atomic mass is 16.5. The molecule has 5 nitrogen and oxygen atoms in total. The van der Waals surface area contributed by atoms with E-state index in [-0.39, 0.29) is 11.8 Å². The summed E-state index contributed by atoms with van der Waals surface area (Å²) in [6.07, 6.45) is 1.70. The first-order valence-electron chi connectivity index (χ1n) is 10.1. The fourth-order valence-electron chi connectivity index (χ4n) is 2.85. The number of unbranched alkanes of at least 4 members (excludes halogenated alkanes) is 1. The Labute approximate surface area is 177 Å². The van der Waals surface area contributed by atoms with Gasteiger partial charge in [0.05, 0.1) is 6.61 Å². The average Bonchev–Trinajstić information content (AvgIpc) is 2.78. The molecule has 0 saturated heterocycles. The summed E-state index contributed by atoms with van der Waals surface area (Å²) in [6, 6.07) is 23.8. The topological polar surface area (TPSA) is 67.4 Å². The maximum atomic E-state index is 12.3. The number of hydrogen-bond acceptors (Lipinski definition) is 3. The highest BCUT2D eigenvalue weighted by Crippen LogP contribution is 2.13. The van der Waals surface area contributed by atoms with E-state index in [4.69, 9.17) is 4.74 Å². The van der Waals surface area contributed by atoms with Gasteiger partial charge in [0.2, 0.25) is 0 Å². The monoisotopic (exact) mass is 402 g/mol. The Morgan fingerprint density at radius 1 is 0.767 bits per heavy atom. The van der Waals surface area contributed by atoms with Crippen molar-refractivity contribution < 1.29 is 14.3 Å². The lowest BCUT2D eigenvalue weighted by atomic mass is 10.1. The van der Waals surface area contributed by atoms with Crippen LogP contribution in [0, 0.1) is 6.92 Å². The predicted octanol–water partition coefficient (Wildman–Crippen LogP) is 4.84. The lowest BCUT2D eigenvalue weighted by Gasteiger charge is -2.09. The highest BCUT2D eigenvalue weighted by Gasteiger charge is 2.07. The molecule has 0 unspecified atom stereocenters. The van der Waals surface area contributed by atoms with Crippen molar-refractivity contribution >= 4 is 17.5 Å². The standard InChI is InChI=1S/C25H26N2O3/c1-19-9-15-23(16-10-19)30-18-6-5-17-26-24(28)21-11-13-22(14-12-21)27-25(29)20-7-3-2-4-8-20/h2-4,7-16H,5-6,17-18H2,1H3,(H,26,28)(H,27,29). The molecule has 2 amide bonds. The number of aryl methyl sites for hydroxylation is 1. The van der Waals surface area contributed by atoms with Gasteiger partial charge in [-0.3, -0.25) is 9.59 Å². The van der Waals surface area contributed by atoms with Crippen molar-refractivity contribution in [2.75, 3.05) is 18.5 Å². The molecule has 0 spiro atoms. The van der Waals surface area contributed by atoms with E-state index in [1.165, 1.54) is 5.56 Å². The van der Waals surface area contributed by atoms with E-state index in [2.05, 4.69) is 10.6 Å². The molecular weight excluding hydrogens is 376 g/mol. The Balaban J connectivity index is 1.36. The summed E-state index contributed by atoms with van der Waals surface area (Å²) in [4.78, 5) is 24.4. The minimum Gasteiger partial charge on any atom is -0.494 e. The SMILES string of the molecule is Cc1ccc(OCCCCNC(=O)c2ccc(NC(=O)c3ccccc3)cc2)cc1. The van der Waals surface area contributed by atoms with Crippen LogP contribution < -0.4 is 15.4 Å². The molecule has 0 fully saturated rings. The number of carbonyl (C=O) groups excluding carboxylic acids is 2. The lowest BCUT2D eigenvalue weighted by Crippen LogP contribution is -2.24. The van der Waals surface area contributed by atoms with E-state index in [1.54, 1.807) is 36.4 Å². The summed E-state index contributed by atoms with van der Waals surface area (Å²) >= 11 is 0. The molecule has 2 N–H and O–H groups in total. The Morgan fingerprint density at radius 2 is 1.43 bits per heavy atom. The second-order valence-corrected chi connectivity index (χ2v) is 7.02. The van der Waals surface area contributed by atoms with Crippen LogP contribution in [0.3, 0.4) is 0 Å². The number of hydrogen-bond donors (Lipinski definition) is 2. The van der Waals surface area contributed by atoms with Crippen LogP contribution in [0.4, 0.5) is 5.69 Å². The van der Waals surface area contributed by atoms with Crippen LogP contribution >= 0.6 is 0 Å². The maximum absolute atomic E-state index is 12.3. The molecule has 0 bridgehead atoms. The third kappa shape index (κ3) is 6.48. The summed E-state index contributed by atoms with van der Waals surface area (Å²) in [5.74, 6) is 0.556. The molecule has 0 radical (unpaired) electrons. The van der Waals surface area contributed by atoms with Crippen LogP contribution in [0.15, 0.2) is 78.9 Å². The molecule has 3 aromatic rings. The summed E-state index contributed by atoms with van der Waals surface area (Å²) < 4.78 is 5.68. The molecule has 0 saturated carbocycles. The van der Waals surface area contributed by atoms with Crippen molar-refractivity contribution in [1.29, 1.82) is 0 Å². The van der Waals surface area contributed by atoms with Gasteiger partial charge in [0, 0.05) is 23.4 Å². The second kappa shape index (κ2) is 10.8. The molecular formula is C25H26N2O3. The molecule has 3 aromatic carbocycles. The van der Waals surface area contributed by atoms with Crippen molar-refractivity contribution in [2.24, 2.45) is 0 Å². The van der Waals surface area contributed by atoms with Crippen molar-refractivity contribution in [1.82, 2.24) is 5.32 Å². The average molecular weight is 402 g/mol. The van der Waals surface area contributed by atoms with Crippen LogP contribution in [0.25, 0.3) is 0 Å². The van der Waals surface area contributed by atoms with Gasteiger partial charge >= 0.3 is 0 Å². The largest absolute Gasteiger partial charge is 0.494 e. The van der Waals surface area contributed by atoms with E-state index >= 15 is 0 Å². The molecule has 0 aromatic heterocycles. The molecule has 3 rings (SSSR count). The molecule has 0 aliphatic rings. The maximum Gasteiger partial charge on any atom is 0.255 e. The summed E-state index contributed by atoms with van der Waals surface area (Å²) in [6.45, 7) is 3.25.